The van der Waals surface area contributed by atoms with E-state index in [1.54, 1.807) is 0 Å². The number of rotatable bonds is 2. The summed E-state index contributed by atoms with van der Waals surface area (Å²) in [4.78, 5) is 21.7. The van der Waals surface area contributed by atoms with Gasteiger partial charge in [0, 0.05) is 49.2 Å². The highest BCUT2D eigenvalue weighted by molar-refractivity contribution is 7.15. The minimum atomic E-state index is -0.283. The van der Waals surface area contributed by atoms with Crippen molar-refractivity contribution in [3.8, 4) is 0 Å². The van der Waals surface area contributed by atoms with E-state index in [0.717, 1.165) is 32.7 Å². The molecule has 114 valence electrons. The van der Waals surface area contributed by atoms with Crippen LogP contribution in [0.15, 0.2) is 6.20 Å². The molecule has 7 heteroatoms. The Kier molecular flexibility index (Phi) is 5.79. The molecule has 1 amide bonds. The van der Waals surface area contributed by atoms with Gasteiger partial charge in [0.15, 0.2) is 5.13 Å². The number of carbonyl (C=O) groups excluding carboxylic acids is 1. The van der Waals surface area contributed by atoms with Crippen molar-refractivity contribution in [2.24, 2.45) is 5.41 Å². The molecule has 2 heterocycles. The molecule has 5 nitrogen and oxygen atoms in total. The highest BCUT2D eigenvalue weighted by Gasteiger charge is 2.29. The second kappa shape index (κ2) is 6.74. The van der Waals surface area contributed by atoms with Crippen molar-refractivity contribution in [2.45, 2.75) is 27.3 Å². The van der Waals surface area contributed by atoms with Crippen LogP contribution in [-0.2, 0) is 11.3 Å². The first-order valence-electron chi connectivity index (χ1n) is 6.58. The molecule has 1 aromatic rings. The van der Waals surface area contributed by atoms with Crippen molar-refractivity contribution in [3.63, 3.8) is 0 Å². The number of nitrogen functional groups attached to an aromatic ring is 1. The fourth-order valence-electron chi connectivity index (χ4n) is 2.20. The second-order valence-corrected chi connectivity index (χ2v) is 7.13. The fourth-order valence-corrected chi connectivity index (χ4v) is 2.93. The number of carbonyl (C=O) groups is 1. The molecule has 1 fully saturated rings. The standard InChI is InChI=1S/C13H22N4OS.ClH/c1-13(2,3)11(18)17-6-4-16(5-7-17)9-10-8-15-12(14)19-10;/h8H,4-7,9H2,1-3H3,(H2,14,15);1H. The van der Waals surface area contributed by atoms with Crippen molar-refractivity contribution in [1.29, 1.82) is 0 Å². The number of hydrogen-bond acceptors (Lipinski definition) is 5. The molecule has 20 heavy (non-hydrogen) atoms. The van der Waals surface area contributed by atoms with Crippen LogP contribution in [0.3, 0.4) is 0 Å². The predicted octanol–water partition coefficient (Wildman–Crippen LogP) is 1.84. The average Bonchev–Trinajstić information content (AvgIpc) is 2.74. The van der Waals surface area contributed by atoms with Crippen molar-refractivity contribution < 1.29 is 4.79 Å². The Balaban J connectivity index is 0.00000200. The van der Waals surface area contributed by atoms with Gasteiger partial charge in [0.2, 0.25) is 5.91 Å². The van der Waals surface area contributed by atoms with Crippen LogP contribution in [0.1, 0.15) is 25.6 Å². The monoisotopic (exact) mass is 318 g/mol. The zero-order chi connectivity index (χ0) is 14.0. The Morgan fingerprint density at radius 1 is 1.35 bits per heavy atom. The van der Waals surface area contributed by atoms with Crippen LogP contribution in [-0.4, -0.2) is 46.9 Å². The predicted molar refractivity (Wildman–Crippen MR) is 85.1 cm³/mol. The second-order valence-electron chi connectivity index (χ2n) is 5.98. The molecule has 1 aliphatic heterocycles. The topological polar surface area (TPSA) is 62.5 Å². The number of amides is 1. The largest absolute Gasteiger partial charge is 0.375 e. The molecule has 0 aromatic carbocycles. The van der Waals surface area contributed by atoms with E-state index >= 15 is 0 Å². The lowest BCUT2D eigenvalue weighted by Crippen LogP contribution is -2.51. The van der Waals surface area contributed by atoms with Gasteiger partial charge in [-0.25, -0.2) is 4.98 Å². The highest BCUT2D eigenvalue weighted by atomic mass is 35.5. The quantitative estimate of drug-likeness (QED) is 0.903. The molecular weight excluding hydrogens is 296 g/mol. The Morgan fingerprint density at radius 3 is 2.40 bits per heavy atom. The maximum Gasteiger partial charge on any atom is 0.228 e. The summed E-state index contributed by atoms with van der Waals surface area (Å²) in [6.07, 6.45) is 1.84. The average molecular weight is 319 g/mol. The summed E-state index contributed by atoms with van der Waals surface area (Å²) in [6.45, 7) is 10.3. The first kappa shape index (κ1) is 17.2. The third-order valence-electron chi connectivity index (χ3n) is 3.25. The van der Waals surface area contributed by atoms with Gasteiger partial charge in [-0.2, -0.15) is 0 Å². The van der Waals surface area contributed by atoms with E-state index in [2.05, 4.69) is 9.88 Å². The van der Waals surface area contributed by atoms with Gasteiger partial charge in [0.1, 0.15) is 0 Å². The fraction of sp³-hybridized carbons (Fsp3) is 0.692. The summed E-state index contributed by atoms with van der Waals surface area (Å²) in [6, 6.07) is 0. The molecule has 1 aromatic heterocycles. The smallest absolute Gasteiger partial charge is 0.228 e. The minimum absolute atomic E-state index is 0. The lowest BCUT2D eigenvalue weighted by atomic mass is 9.94. The van der Waals surface area contributed by atoms with Crippen LogP contribution in [0.5, 0.6) is 0 Å². The molecule has 2 N–H and O–H groups in total. The Morgan fingerprint density at radius 2 is 1.95 bits per heavy atom. The molecule has 0 spiro atoms. The molecule has 0 unspecified atom stereocenters. The van der Waals surface area contributed by atoms with Crippen LogP contribution in [0.2, 0.25) is 0 Å². The van der Waals surface area contributed by atoms with E-state index in [1.807, 2.05) is 31.9 Å². The SMILES string of the molecule is CC(C)(C)C(=O)N1CCN(Cc2cnc(N)s2)CC1.Cl. The van der Waals surface area contributed by atoms with Crippen molar-refractivity contribution >= 4 is 34.8 Å². The zero-order valence-corrected chi connectivity index (χ0v) is 13.9. The van der Waals surface area contributed by atoms with Crippen LogP contribution in [0, 0.1) is 5.41 Å². The van der Waals surface area contributed by atoms with Crippen LogP contribution in [0.25, 0.3) is 0 Å². The van der Waals surface area contributed by atoms with E-state index in [-0.39, 0.29) is 23.7 Å². The van der Waals surface area contributed by atoms with Gasteiger partial charge in [-0.3, -0.25) is 9.69 Å². The molecule has 0 aliphatic carbocycles. The van der Waals surface area contributed by atoms with E-state index in [1.165, 1.54) is 16.2 Å². The van der Waals surface area contributed by atoms with Crippen LogP contribution < -0.4 is 5.73 Å². The van der Waals surface area contributed by atoms with Gasteiger partial charge in [-0.05, 0) is 0 Å². The van der Waals surface area contributed by atoms with Gasteiger partial charge in [0.05, 0.1) is 0 Å². The van der Waals surface area contributed by atoms with Gasteiger partial charge in [0.25, 0.3) is 0 Å². The Labute approximate surface area is 130 Å². The molecule has 0 radical (unpaired) electrons. The molecule has 0 atom stereocenters. The number of halogens is 1. The molecule has 0 saturated carbocycles. The number of aromatic nitrogens is 1. The summed E-state index contributed by atoms with van der Waals surface area (Å²) < 4.78 is 0. The van der Waals surface area contributed by atoms with Gasteiger partial charge in [-0.15, -0.1) is 23.7 Å². The summed E-state index contributed by atoms with van der Waals surface area (Å²) in [5.74, 6) is 0.245. The lowest BCUT2D eigenvalue weighted by Gasteiger charge is -2.37. The van der Waals surface area contributed by atoms with Crippen LogP contribution >= 0.6 is 23.7 Å². The molecule has 1 saturated heterocycles. The number of thiazole rings is 1. The van der Waals surface area contributed by atoms with E-state index in [9.17, 15) is 4.79 Å². The van der Waals surface area contributed by atoms with Gasteiger partial charge < -0.3 is 10.6 Å². The molecule has 2 rings (SSSR count). The lowest BCUT2D eigenvalue weighted by molar-refractivity contribution is -0.141. The molecule has 1 aliphatic rings. The number of anilines is 1. The minimum Gasteiger partial charge on any atom is -0.375 e. The van der Waals surface area contributed by atoms with E-state index in [4.69, 9.17) is 5.73 Å². The van der Waals surface area contributed by atoms with E-state index in [0.29, 0.717) is 5.13 Å². The third kappa shape index (κ3) is 4.33. The Hall–Kier alpha value is -0.850. The van der Waals surface area contributed by atoms with Crippen LogP contribution in [0.4, 0.5) is 5.13 Å². The van der Waals surface area contributed by atoms with Gasteiger partial charge in [-0.1, -0.05) is 20.8 Å². The zero-order valence-electron chi connectivity index (χ0n) is 12.3. The molecular formula is C13H23ClN4OS. The van der Waals surface area contributed by atoms with Crippen molar-refractivity contribution in [1.82, 2.24) is 14.8 Å². The van der Waals surface area contributed by atoms with Gasteiger partial charge >= 0.3 is 0 Å². The van der Waals surface area contributed by atoms with Crippen molar-refractivity contribution in [3.05, 3.63) is 11.1 Å². The number of nitrogens with two attached hydrogens (primary N) is 1. The summed E-state index contributed by atoms with van der Waals surface area (Å²) >= 11 is 1.54. The number of hydrogen-bond donors (Lipinski definition) is 1. The Bertz CT molecular complexity index is 449. The number of nitrogens with zero attached hydrogens (tertiary/aromatic N) is 3. The summed E-state index contributed by atoms with van der Waals surface area (Å²) in [7, 11) is 0. The summed E-state index contributed by atoms with van der Waals surface area (Å²) in [5.41, 5.74) is 5.35. The first-order chi connectivity index (χ1) is 8.86. The third-order valence-corrected chi connectivity index (χ3v) is 4.06. The van der Waals surface area contributed by atoms with E-state index < -0.39 is 0 Å². The maximum atomic E-state index is 12.2. The highest BCUT2D eigenvalue weighted by Crippen LogP contribution is 2.20. The first-order valence-corrected chi connectivity index (χ1v) is 7.40. The number of piperazine rings is 1. The molecule has 0 bridgehead atoms. The summed E-state index contributed by atoms with van der Waals surface area (Å²) in [5, 5.41) is 0.622. The van der Waals surface area contributed by atoms with Crippen molar-refractivity contribution in [2.75, 3.05) is 31.9 Å². The normalized spacial score (nSPS) is 16.9. The maximum absolute atomic E-state index is 12.2.